The van der Waals surface area contributed by atoms with Crippen LogP contribution in [0.1, 0.15) is 30.4 Å². The zero-order chi connectivity index (χ0) is 19.1. The summed E-state index contributed by atoms with van der Waals surface area (Å²) in [6, 6.07) is 16.0. The summed E-state index contributed by atoms with van der Waals surface area (Å²) < 4.78 is 0. The Labute approximate surface area is 162 Å². The maximum absolute atomic E-state index is 12.4. The van der Waals surface area contributed by atoms with Crippen molar-refractivity contribution in [3.05, 3.63) is 59.7 Å². The summed E-state index contributed by atoms with van der Waals surface area (Å²) in [6.45, 7) is 3.83. The van der Waals surface area contributed by atoms with E-state index in [4.69, 9.17) is 0 Å². The van der Waals surface area contributed by atoms with Crippen LogP contribution in [0.15, 0.2) is 48.5 Å². The van der Waals surface area contributed by atoms with Gasteiger partial charge in [-0.2, -0.15) is 0 Å². The fourth-order valence-electron chi connectivity index (χ4n) is 3.55. The summed E-state index contributed by atoms with van der Waals surface area (Å²) in [4.78, 5) is 16.9. The van der Waals surface area contributed by atoms with Crippen molar-refractivity contribution in [2.75, 3.05) is 37.4 Å². The maximum Gasteiger partial charge on any atom is 0.319 e. The summed E-state index contributed by atoms with van der Waals surface area (Å²) in [5.74, 6) is 0. The third kappa shape index (κ3) is 5.47. The monoisotopic (exact) mass is 366 g/mol. The second-order valence-corrected chi connectivity index (χ2v) is 7.32. The SMILES string of the molecule is CN(C)c1ccccc1NC(=O)NCc1ccccc1CN1CCCCC1. The minimum atomic E-state index is -0.183. The highest BCUT2D eigenvalue weighted by molar-refractivity contribution is 5.93. The minimum absolute atomic E-state index is 0.183. The molecule has 0 aliphatic carbocycles. The van der Waals surface area contributed by atoms with Crippen LogP contribution in [0.3, 0.4) is 0 Å². The van der Waals surface area contributed by atoms with Crippen molar-refractivity contribution in [1.29, 1.82) is 0 Å². The van der Waals surface area contributed by atoms with Gasteiger partial charge in [0.2, 0.25) is 0 Å². The van der Waals surface area contributed by atoms with E-state index in [0.717, 1.165) is 17.9 Å². The summed E-state index contributed by atoms with van der Waals surface area (Å²) in [7, 11) is 3.94. The molecule has 1 fully saturated rings. The van der Waals surface area contributed by atoms with Gasteiger partial charge in [0, 0.05) is 27.2 Å². The molecule has 144 valence electrons. The molecule has 5 nitrogen and oxygen atoms in total. The number of rotatable bonds is 6. The largest absolute Gasteiger partial charge is 0.376 e. The molecule has 2 aromatic rings. The van der Waals surface area contributed by atoms with Crippen molar-refractivity contribution in [2.45, 2.75) is 32.4 Å². The van der Waals surface area contributed by atoms with E-state index in [2.05, 4.69) is 33.7 Å². The van der Waals surface area contributed by atoms with Crippen LogP contribution in [-0.4, -0.2) is 38.1 Å². The second kappa shape index (κ2) is 9.42. The Morgan fingerprint density at radius 2 is 1.63 bits per heavy atom. The molecule has 0 bridgehead atoms. The molecule has 0 spiro atoms. The quantitative estimate of drug-likeness (QED) is 0.810. The van der Waals surface area contributed by atoms with Gasteiger partial charge in [0.1, 0.15) is 0 Å². The van der Waals surface area contributed by atoms with Gasteiger partial charge in [-0.25, -0.2) is 4.79 Å². The van der Waals surface area contributed by atoms with Crippen LogP contribution in [0.5, 0.6) is 0 Å². The van der Waals surface area contributed by atoms with E-state index in [0.29, 0.717) is 6.54 Å². The van der Waals surface area contributed by atoms with Crippen LogP contribution in [0.25, 0.3) is 0 Å². The van der Waals surface area contributed by atoms with Gasteiger partial charge in [-0.15, -0.1) is 0 Å². The average Bonchev–Trinajstić information content (AvgIpc) is 2.68. The Balaban J connectivity index is 1.59. The zero-order valence-electron chi connectivity index (χ0n) is 16.4. The molecule has 0 saturated carbocycles. The van der Waals surface area contributed by atoms with Gasteiger partial charge in [-0.05, 0) is 49.2 Å². The number of nitrogens with one attached hydrogen (secondary N) is 2. The number of likely N-dealkylation sites (tertiary alicyclic amines) is 1. The van der Waals surface area contributed by atoms with Gasteiger partial charge >= 0.3 is 6.03 Å². The number of carbonyl (C=O) groups excluding carboxylic acids is 1. The van der Waals surface area contributed by atoms with Gasteiger partial charge in [0.25, 0.3) is 0 Å². The fraction of sp³-hybridized carbons (Fsp3) is 0.409. The van der Waals surface area contributed by atoms with E-state index in [9.17, 15) is 4.79 Å². The van der Waals surface area contributed by atoms with E-state index in [1.807, 2.05) is 49.3 Å². The van der Waals surface area contributed by atoms with Gasteiger partial charge < -0.3 is 15.5 Å². The first-order valence-corrected chi connectivity index (χ1v) is 9.74. The molecule has 2 aromatic carbocycles. The highest BCUT2D eigenvalue weighted by atomic mass is 16.2. The Hall–Kier alpha value is -2.53. The van der Waals surface area contributed by atoms with Crippen molar-refractivity contribution in [2.24, 2.45) is 0 Å². The van der Waals surface area contributed by atoms with E-state index in [1.54, 1.807) is 0 Å². The van der Waals surface area contributed by atoms with E-state index < -0.39 is 0 Å². The first-order valence-electron chi connectivity index (χ1n) is 9.74. The topological polar surface area (TPSA) is 47.6 Å². The van der Waals surface area contributed by atoms with Gasteiger partial charge in [0.15, 0.2) is 0 Å². The lowest BCUT2D eigenvalue weighted by molar-refractivity contribution is 0.220. The van der Waals surface area contributed by atoms with Crippen molar-refractivity contribution >= 4 is 17.4 Å². The Kier molecular flexibility index (Phi) is 6.71. The van der Waals surface area contributed by atoms with Crippen LogP contribution < -0.4 is 15.5 Å². The van der Waals surface area contributed by atoms with Crippen molar-refractivity contribution in [3.8, 4) is 0 Å². The smallest absolute Gasteiger partial charge is 0.319 e. The van der Waals surface area contributed by atoms with Gasteiger partial charge in [-0.3, -0.25) is 4.90 Å². The molecule has 0 aromatic heterocycles. The Morgan fingerprint density at radius 1 is 0.963 bits per heavy atom. The molecule has 1 aliphatic heterocycles. The number of hydrogen-bond donors (Lipinski definition) is 2. The molecule has 0 unspecified atom stereocenters. The molecule has 1 heterocycles. The van der Waals surface area contributed by atoms with E-state index in [-0.39, 0.29) is 6.03 Å². The number of piperidine rings is 1. The highest BCUT2D eigenvalue weighted by Gasteiger charge is 2.13. The first-order chi connectivity index (χ1) is 13.1. The number of nitrogens with zero attached hydrogens (tertiary/aromatic N) is 2. The van der Waals surface area contributed by atoms with Crippen molar-refractivity contribution in [3.63, 3.8) is 0 Å². The number of anilines is 2. The molecule has 0 atom stereocenters. The van der Waals surface area contributed by atoms with Crippen LogP contribution in [0.2, 0.25) is 0 Å². The van der Waals surface area contributed by atoms with Crippen LogP contribution in [-0.2, 0) is 13.1 Å². The summed E-state index contributed by atoms with van der Waals surface area (Å²) in [5, 5.41) is 5.96. The third-order valence-corrected chi connectivity index (χ3v) is 5.03. The molecular weight excluding hydrogens is 336 g/mol. The van der Waals surface area contributed by atoms with Gasteiger partial charge in [-0.1, -0.05) is 42.8 Å². The zero-order valence-corrected chi connectivity index (χ0v) is 16.4. The highest BCUT2D eigenvalue weighted by Crippen LogP contribution is 2.23. The standard InChI is InChI=1S/C22H30N4O/c1-25(2)21-13-7-6-12-20(21)24-22(27)23-16-18-10-4-5-11-19(18)17-26-14-8-3-9-15-26/h4-7,10-13H,3,8-9,14-17H2,1-2H3,(H2,23,24,27). The number of amides is 2. The molecular formula is C22H30N4O. The average molecular weight is 367 g/mol. The normalized spacial score (nSPS) is 14.6. The van der Waals surface area contributed by atoms with E-state index in [1.165, 1.54) is 43.5 Å². The minimum Gasteiger partial charge on any atom is -0.376 e. The lowest BCUT2D eigenvalue weighted by atomic mass is 10.0. The second-order valence-electron chi connectivity index (χ2n) is 7.32. The van der Waals surface area contributed by atoms with Crippen LogP contribution in [0, 0.1) is 0 Å². The molecule has 1 aliphatic rings. The third-order valence-electron chi connectivity index (χ3n) is 5.03. The summed E-state index contributed by atoms with van der Waals surface area (Å²) >= 11 is 0. The molecule has 3 rings (SSSR count). The molecule has 2 amide bonds. The number of benzene rings is 2. The summed E-state index contributed by atoms with van der Waals surface area (Å²) in [5.41, 5.74) is 4.27. The maximum atomic E-state index is 12.4. The van der Waals surface area contributed by atoms with Crippen LogP contribution >= 0.6 is 0 Å². The molecule has 1 saturated heterocycles. The first kappa shape index (κ1) is 19.2. The number of urea groups is 1. The number of para-hydroxylation sites is 2. The van der Waals surface area contributed by atoms with Crippen LogP contribution in [0.4, 0.5) is 16.2 Å². The predicted molar refractivity (Wildman–Crippen MR) is 112 cm³/mol. The Morgan fingerprint density at radius 3 is 2.37 bits per heavy atom. The lowest BCUT2D eigenvalue weighted by Gasteiger charge is -2.27. The molecule has 0 radical (unpaired) electrons. The molecule has 27 heavy (non-hydrogen) atoms. The number of hydrogen-bond acceptors (Lipinski definition) is 3. The molecule has 5 heteroatoms. The van der Waals surface area contributed by atoms with Crippen molar-refractivity contribution < 1.29 is 4.79 Å². The lowest BCUT2D eigenvalue weighted by Crippen LogP contribution is -2.31. The predicted octanol–water partition coefficient (Wildman–Crippen LogP) is 4.06. The number of carbonyl (C=O) groups is 1. The van der Waals surface area contributed by atoms with Gasteiger partial charge in [0.05, 0.1) is 11.4 Å². The summed E-state index contributed by atoms with van der Waals surface area (Å²) in [6.07, 6.45) is 3.91. The Bertz CT molecular complexity index is 753. The van der Waals surface area contributed by atoms with Crippen molar-refractivity contribution in [1.82, 2.24) is 10.2 Å². The van der Waals surface area contributed by atoms with E-state index >= 15 is 0 Å². The fourth-order valence-corrected chi connectivity index (χ4v) is 3.55. The molecule has 2 N–H and O–H groups in total.